The number of hydrogen-bond donors (Lipinski definition) is 0. The summed E-state index contributed by atoms with van der Waals surface area (Å²) in [4.78, 5) is 4.60. The summed E-state index contributed by atoms with van der Waals surface area (Å²) >= 11 is 4.59. The van der Waals surface area contributed by atoms with Gasteiger partial charge in [-0.15, -0.1) is 0 Å². The van der Waals surface area contributed by atoms with Crippen molar-refractivity contribution in [2.24, 2.45) is 0 Å². The minimum Gasteiger partial charge on any atom is -0.461 e. The van der Waals surface area contributed by atoms with E-state index < -0.39 is 0 Å². The Balaban J connectivity index is 2.05. The van der Waals surface area contributed by atoms with Crippen LogP contribution in [0.1, 0.15) is 5.56 Å². The third-order valence-electron chi connectivity index (χ3n) is 2.79. The summed E-state index contributed by atoms with van der Waals surface area (Å²) in [6.07, 6.45) is 1.68. The van der Waals surface area contributed by atoms with Gasteiger partial charge in [-0.3, -0.25) is 0 Å². The molecule has 19 heavy (non-hydrogen) atoms. The number of nitrogens with zero attached hydrogens (tertiary/aromatic N) is 2. The second-order valence-electron chi connectivity index (χ2n) is 4.07. The second kappa shape index (κ2) is 5.66. The minimum atomic E-state index is 0.797. The number of rotatable bonds is 3. The summed E-state index contributed by atoms with van der Waals surface area (Å²) in [5.41, 5.74) is 1.25. The van der Waals surface area contributed by atoms with E-state index in [0.717, 1.165) is 25.5 Å². The van der Waals surface area contributed by atoms with E-state index in [-0.39, 0.29) is 0 Å². The molecule has 0 aliphatic rings. The first-order chi connectivity index (χ1) is 9.25. The maximum Gasteiger partial charge on any atom is 0.178 e. The van der Waals surface area contributed by atoms with Crippen LogP contribution in [-0.4, -0.2) is 9.55 Å². The Morgan fingerprint density at radius 1 is 1.05 bits per heavy atom. The van der Waals surface area contributed by atoms with Crippen molar-refractivity contribution in [1.29, 1.82) is 0 Å². The zero-order chi connectivity index (χ0) is 13.2. The van der Waals surface area contributed by atoms with E-state index in [1.165, 1.54) is 5.56 Å². The Labute approximate surface area is 138 Å². The third kappa shape index (κ3) is 2.71. The van der Waals surface area contributed by atoms with Crippen LogP contribution in [0.5, 0.6) is 0 Å². The standard InChI is InChI=1S/C14H10I2N2O/c15-12-13(16)18(9-10-5-2-1-3-6-10)14(17-12)11-7-4-8-19-11/h1-8H,9H2. The van der Waals surface area contributed by atoms with Gasteiger partial charge in [0, 0.05) is 0 Å². The number of benzene rings is 1. The molecular weight excluding hydrogens is 466 g/mol. The van der Waals surface area contributed by atoms with Crippen molar-refractivity contribution in [1.82, 2.24) is 9.55 Å². The lowest BCUT2D eigenvalue weighted by atomic mass is 10.2. The van der Waals surface area contributed by atoms with Gasteiger partial charge in [0.05, 0.1) is 12.8 Å². The molecule has 0 N–H and O–H groups in total. The molecule has 3 aromatic rings. The molecule has 0 radical (unpaired) electrons. The summed E-state index contributed by atoms with van der Waals surface area (Å²) in [6.45, 7) is 0.797. The largest absolute Gasteiger partial charge is 0.461 e. The first-order valence-corrected chi connectivity index (χ1v) is 7.91. The van der Waals surface area contributed by atoms with Gasteiger partial charge in [0.2, 0.25) is 0 Å². The fourth-order valence-corrected chi connectivity index (χ4v) is 2.95. The zero-order valence-corrected chi connectivity index (χ0v) is 14.2. The van der Waals surface area contributed by atoms with Gasteiger partial charge < -0.3 is 8.98 Å². The van der Waals surface area contributed by atoms with Crippen LogP contribution in [0, 0.1) is 7.40 Å². The van der Waals surface area contributed by atoms with Crippen molar-refractivity contribution < 1.29 is 4.42 Å². The molecule has 3 rings (SSSR count). The quantitative estimate of drug-likeness (QED) is 0.526. The lowest BCUT2D eigenvalue weighted by Gasteiger charge is -2.07. The van der Waals surface area contributed by atoms with E-state index in [2.05, 4.69) is 79.0 Å². The van der Waals surface area contributed by atoms with Gasteiger partial charge in [-0.2, -0.15) is 0 Å². The predicted molar refractivity (Wildman–Crippen MR) is 90.9 cm³/mol. The van der Waals surface area contributed by atoms with Gasteiger partial charge in [0.15, 0.2) is 11.6 Å². The fourth-order valence-electron chi connectivity index (χ4n) is 1.91. The Kier molecular flexibility index (Phi) is 3.92. The minimum absolute atomic E-state index is 0.797. The normalized spacial score (nSPS) is 10.8. The highest BCUT2D eigenvalue weighted by atomic mass is 127. The molecule has 0 amide bonds. The number of halogens is 2. The van der Waals surface area contributed by atoms with Crippen molar-refractivity contribution in [2.75, 3.05) is 0 Å². The smallest absolute Gasteiger partial charge is 0.178 e. The molecule has 5 heteroatoms. The van der Waals surface area contributed by atoms with E-state index >= 15 is 0 Å². The third-order valence-corrected chi connectivity index (χ3v) is 5.67. The zero-order valence-electron chi connectivity index (χ0n) is 9.88. The molecule has 3 nitrogen and oxygen atoms in total. The molecule has 2 aromatic heterocycles. The van der Waals surface area contributed by atoms with Gasteiger partial charge in [-0.25, -0.2) is 4.98 Å². The van der Waals surface area contributed by atoms with E-state index in [4.69, 9.17) is 4.42 Å². The van der Waals surface area contributed by atoms with Crippen molar-refractivity contribution in [3.05, 3.63) is 61.7 Å². The fraction of sp³-hybridized carbons (Fsp3) is 0.0714. The van der Waals surface area contributed by atoms with E-state index in [1.807, 2.05) is 18.2 Å². The first kappa shape index (κ1) is 13.2. The van der Waals surface area contributed by atoms with Crippen molar-refractivity contribution >= 4 is 45.2 Å². The number of hydrogen-bond acceptors (Lipinski definition) is 2. The lowest BCUT2D eigenvalue weighted by molar-refractivity contribution is 0.571. The molecule has 1 aromatic carbocycles. The molecule has 96 valence electrons. The number of furan rings is 1. The molecule has 2 heterocycles. The maximum absolute atomic E-state index is 5.48. The van der Waals surface area contributed by atoms with Crippen LogP contribution in [0.25, 0.3) is 11.6 Å². The van der Waals surface area contributed by atoms with Crippen LogP contribution in [0.15, 0.2) is 53.1 Å². The maximum atomic E-state index is 5.48. The Morgan fingerprint density at radius 3 is 2.53 bits per heavy atom. The monoisotopic (exact) mass is 476 g/mol. The van der Waals surface area contributed by atoms with Gasteiger partial charge >= 0.3 is 0 Å². The van der Waals surface area contributed by atoms with Crippen molar-refractivity contribution in [3.63, 3.8) is 0 Å². The first-order valence-electron chi connectivity index (χ1n) is 5.75. The van der Waals surface area contributed by atoms with Crippen LogP contribution in [-0.2, 0) is 6.54 Å². The molecular formula is C14H10I2N2O. The second-order valence-corrected chi connectivity index (χ2v) is 6.11. The molecule has 0 aliphatic carbocycles. The van der Waals surface area contributed by atoms with Crippen molar-refractivity contribution in [3.8, 4) is 11.6 Å². The summed E-state index contributed by atoms with van der Waals surface area (Å²) in [6, 6.07) is 14.2. The number of imidazole rings is 1. The highest BCUT2D eigenvalue weighted by Crippen LogP contribution is 2.26. The summed E-state index contributed by atoms with van der Waals surface area (Å²) in [5, 5.41) is 0. The summed E-state index contributed by atoms with van der Waals surface area (Å²) in [7, 11) is 0. The Hall–Kier alpha value is -0.830. The average molecular weight is 476 g/mol. The van der Waals surface area contributed by atoms with Gasteiger partial charge in [0.25, 0.3) is 0 Å². The molecule has 0 fully saturated rings. The number of aromatic nitrogens is 2. The molecule has 0 saturated heterocycles. The Bertz CT molecular complexity index is 675. The highest BCUT2D eigenvalue weighted by molar-refractivity contribution is 14.1. The van der Waals surface area contributed by atoms with Gasteiger partial charge in [-0.1, -0.05) is 30.3 Å². The highest BCUT2D eigenvalue weighted by Gasteiger charge is 2.16. The average Bonchev–Trinajstić information content (AvgIpc) is 3.04. The SMILES string of the molecule is Ic1nc(-c2ccco2)n(Cc2ccccc2)c1I. The van der Waals surface area contributed by atoms with Crippen LogP contribution >= 0.6 is 45.2 Å². The lowest BCUT2D eigenvalue weighted by Crippen LogP contribution is -2.04. The van der Waals surface area contributed by atoms with Gasteiger partial charge in [0.1, 0.15) is 7.40 Å². The predicted octanol–water partition coefficient (Wildman–Crippen LogP) is 4.40. The summed E-state index contributed by atoms with van der Waals surface area (Å²) in [5.74, 6) is 1.68. The van der Waals surface area contributed by atoms with E-state index in [1.54, 1.807) is 6.26 Å². The van der Waals surface area contributed by atoms with Crippen LogP contribution in [0.3, 0.4) is 0 Å². The topological polar surface area (TPSA) is 31.0 Å². The Morgan fingerprint density at radius 2 is 1.84 bits per heavy atom. The molecule has 0 saturated carbocycles. The molecule has 0 spiro atoms. The van der Waals surface area contributed by atoms with Crippen LogP contribution in [0.2, 0.25) is 0 Å². The molecule has 0 bridgehead atoms. The summed E-state index contributed by atoms with van der Waals surface area (Å²) < 4.78 is 9.79. The molecule has 0 unspecified atom stereocenters. The van der Waals surface area contributed by atoms with Gasteiger partial charge in [-0.05, 0) is 62.9 Å². The van der Waals surface area contributed by atoms with Crippen LogP contribution in [0.4, 0.5) is 0 Å². The van der Waals surface area contributed by atoms with Crippen molar-refractivity contribution in [2.45, 2.75) is 6.54 Å². The van der Waals surface area contributed by atoms with Crippen LogP contribution < -0.4 is 0 Å². The molecule has 0 atom stereocenters. The van der Waals surface area contributed by atoms with E-state index in [0.29, 0.717) is 0 Å². The molecule has 0 aliphatic heterocycles. The van der Waals surface area contributed by atoms with E-state index in [9.17, 15) is 0 Å².